The third kappa shape index (κ3) is 3.78. The fourth-order valence-corrected chi connectivity index (χ4v) is 1.82. The van der Waals surface area contributed by atoms with E-state index >= 15 is 0 Å². The second-order valence-corrected chi connectivity index (χ2v) is 4.70. The molecule has 1 amide bonds. The van der Waals surface area contributed by atoms with Crippen LogP contribution < -0.4 is 10.1 Å². The van der Waals surface area contributed by atoms with Crippen molar-refractivity contribution in [2.45, 2.75) is 20.0 Å². The number of pyridine rings is 1. The van der Waals surface area contributed by atoms with Crippen molar-refractivity contribution in [3.05, 3.63) is 58.3 Å². The van der Waals surface area contributed by atoms with Gasteiger partial charge in [-0.15, -0.1) is 0 Å². The van der Waals surface area contributed by atoms with Gasteiger partial charge in [0.05, 0.1) is 0 Å². The normalized spacial score (nSPS) is 11.5. The summed E-state index contributed by atoms with van der Waals surface area (Å²) < 4.78 is 5.35. The van der Waals surface area contributed by atoms with Crippen LogP contribution in [0.5, 0.6) is 5.75 Å². The van der Waals surface area contributed by atoms with Crippen LogP contribution >= 0.6 is 0 Å². The molecule has 2 rings (SSSR count). The van der Waals surface area contributed by atoms with Crippen LogP contribution in [-0.4, -0.2) is 21.9 Å². The number of ether oxygens (including phenoxy) is 1. The molecule has 0 aliphatic heterocycles. The molecule has 0 radical (unpaired) electrons. The van der Waals surface area contributed by atoms with Crippen LogP contribution in [0.15, 0.2) is 42.6 Å². The Labute approximate surface area is 127 Å². The van der Waals surface area contributed by atoms with Crippen molar-refractivity contribution in [2.75, 3.05) is 5.32 Å². The minimum Gasteiger partial charge on any atom is -0.473 e. The monoisotopic (exact) mass is 301 g/mol. The molecule has 1 aromatic carbocycles. The van der Waals surface area contributed by atoms with Gasteiger partial charge in [0, 0.05) is 5.69 Å². The average molecular weight is 301 g/mol. The maximum atomic E-state index is 12.1. The Morgan fingerprint density at radius 1 is 1.36 bits per heavy atom. The highest BCUT2D eigenvalue weighted by molar-refractivity contribution is 5.94. The Balaban J connectivity index is 2.07. The quantitative estimate of drug-likeness (QED) is 0.676. The zero-order valence-corrected chi connectivity index (χ0v) is 12.1. The molecular formula is C15H15N3O4. The van der Waals surface area contributed by atoms with Gasteiger partial charge >= 0.3 is 5.82 Å². The summed E-state index contributed by atoms with van der Waals surface area (Å²) in [7, 11) is 0. The first-order valence-electron chi connectivity index (χ1n) is 6.61. The summed E-state index contributed by atoms with van der Waals surface area (Å²) >= 11 is 0. The van der Waals surface area contributed by atoms with Crippen LogP contribution in [0, 0.1) is 17.0 Å². The van der Waals surface area contributed by atoms with Gasteiger partial charge in [0.15, 0.2) is 6.10 Å². The van der Waals surface area contributed by atoms with Crippen molar-refractivity contribution >= 4 is 17.4 Å². The number of rotatable bonds is 5. The first-order valence-corrected chi connectivity index (χ1v) is 6.61. The SMILES string of the molecule is Cc1cccc(NC(=O)C(C)Oc2cccnc2[N+](=O)[O-])c1. The van der Waals surface area contributed by atoms with Crippen LogP contribution in [0.25, 0.3) is 0 Å². The molecule has 1 atom stereocenters. The van der Waals surface area contributed by atoms with E-state index in [1.807, 2.05) is 25.1 Å². The van der Waals surface area contributed by atoms with Crippen LogP contribution in [-0.2, 0) is 4.79 Å². The first-order chi connectivity index (χ1) is 10.5. The third-order valence-electron chi connectivity index (χ3n) is 2.88. The fourth-order valence-electron chi connectivity index (χ4n) is 1.82. The van der Waals surface area contributed by atoms with Gasteiger partial charge in [0.25, 0.3) is 5.91 Å². The minimum atomic E-state index is -0.900. The van der Waals surface area contributed by atoms with Crippen molar-refractivity contribution in [3.63, 3.8) is 0 Å². The van der Waals surface area contributed by atoms with E-state index in [-0.39, 0.29) is 5.75 Å². The van der Waals surface area contributed by atoms with Crippen LogP contribution in [0.4, 0.5) is 11.5 Å². The summed E-state index contributed by atoms with van der Waals surface area (Å²) in [5.41, 5.74) is 1.65. The number of nitro groups is 1. The summed E-state index contributed by atoms with van der Waals surface area (Å²) in [6.45, 7) is 3.43. The number of benzene rings is 1. The first kappa shape index (κ1) is 15.4. The van der Waals surface area contributed by atoms with Crippen LogP contribution in [0.3, 0.4) is 0 Å². The molecule has 1 unspecified atom stereocenters. The average Bonchev–Trinajstić information content (AvgIpc) is 2.47. The van der Waals surface area contributed by atoms with Gasteiger partial charge in [-0.1, -0.05) is 12.1 Å². The molecule has 114 valence electrons. The third-order valence-corrected chi connectivity index (χ3v) is 2.88. The van der Waals surface area contributed by atoms with Gasteiger partial charge in [-0.3, -0.25) is 4.79 Å². The number of nitrogens with one attached hydrogen (secondary N) is 1. The van der Waals surface area contributed by atoms with E-state index in [9.17, 15) is 14.9 Å². The van der Waals surface area contributed by atoms with E-state index < -0.39 is 22.8 Å². The highest BCUT2D eigenvalue weighted by Crippen LogP contribution is 2.24. The molecule has 0 aliphatic rings. The Morgan fingerprint density at radius 3 is 2.82 bits per heavy atom. The van der Waals surface area contributed by atoms with Crippen molar-refractivity contribution < 1.29 is 14.5 Å². The van der Waals surface area contributed by atoms with Gasteiger partial charge in [-0.25, -0.2) is 0 Å². The van der Waals surface area contributed by atoms with E-state index in [1.165, 1.54) is 25.3 Å². The summed E-state index contributed by atoms with van der Waals surface area (Å²) in [4.78, 5) is 25.9. The number of carbonyl (C=O) groups excluding carboxylic acids is 1. The Bertz CT molecular complexity index is 703. The summed E-state index contributed by atoms with van der Waals surface area (Å²) in [6, 6.07) is 10.2. The highest BCUT2D eigenvalue weighted by atomic mass is 16.6. The molecule has 0 fully saturated rings. The molecule has 1 N–H and O–H groups in total. The van der Waals surface area contributed by atoms with E-state index in [1.54, 1.807) is 6.07 Å². The molecule has 7 nitrogen and oxygen atoms in total. The molecule has 0 saturated heterocycles. The van der Waals surface area contributed by atoms with Crippen molar-refractivity contribution in [2.24, 2.45) is 0 Å². The van der Waals surface area contributed by atoms with Gasteiger partial charge in [0.1, 0.15) is 6.20 Å². The molecule has 0 aliphatic carbocycles. The number of hydrogen-bond donors (Lipinski definition) is 1. The molecule has 1 heterocycles. The lowest BCUT2D eigenvalue weighted by atomic mass is 10.2. The second-order valence-electron chi connectivity index (χ2n) is 4.70. The van der Waals surface area contributed by atoms with Gasteiger partial charge in [-0.2, -0.15) is 0 Å². The predicted molar refractivity (Wildman–Crippen MR) is 80.8 cm³/mol. The van der Waals surface area contributed by atoms with Crippen LogP contribution in [0.2, 0.25) is 0 Å². The van der Waals surface area contributed by atoms with Crippen molar-refractivity contribution in [3.8, 4) is 5.75 Å². The lowest BCUT2D eigenvalue weighted by Gasteiger charge is -2.14. The maximum Gasteiger partial charge on any atom is 0.406 e. The van der Waals surface area contributed by atoms with Gasteiger partial charge in [-0.05, 0) is 53.6 Å². The number of carbonyl (C=O) groups is 1. The molecule has 0 spiro atoms. The van der Waals surface area contributed by atoms with E-state index in [0.29, 0.717) is 5.69 Å². The number of anilines is 1. The Hall–Kier alpha value is -2.96. The van der Waals surface area contributed by atoms with Gasteiger partial charge < -0.3 is 20.2 Å². The van der Waals surface area contributed by atoms with E-state index in [2.05, 4.69) is 10.3 Å². The molecule has 0 bridgehead atoms. The number of amides is 1. The second kappa shape index (κ2) is 6.66. The minimum absolute atomic E-state index is 0.0422. The van der Waals surface area contributed by atoms with Crippen molar-refractivity contribution in [1.82, 2.24) is 4.98 Å². The molecule has 1 aromatic heterocycles. The summed E-state index contributed by atoms with van der Waals surface area (Å²) in [6.07, 6.45) is 0.395. The maximum absolute atomic E-state index is 12.1. The zero-order valence-electron chi connectivity index (χ0n) is 12.1. The molecule has 22 heavy (non-hydrogen) atoms. The van der Waals surface area contributed by atoms with Crippen molar-refractivity contribution in [1.29, 1.82) is 0 Å². The summed E-state index contributed by atoms with van der Waals surface area (Å²) in [5.74, 6) is -0.860. The number of nitrogens with zero attached hydrogens (tertiary/aromatic N) is 2. The Kier molecular flexibility index (Phi) is 4.67. The number of hydrogen-bond acceptors (Lipinski definition) is 5. The molecule has 7 heteroatoms. The Morgan fingerprint density at radius 2 is 2.14 bits per heavy atom. The lowest BCUT2D eigenvalue weighted by Crippen LogP contribution is -2.30. The predicted octanol–water partition coefficient (Wildman–Crippen LogP) is 2.70. The standard InChI is InChI=1S/C15H15N3O4/c1-10-5-3-6-12(9-10)17-15(19)11(2)22-13-7-4-8-16-14(13)18(20)21/h3-9,11H,1-2H3,(H,17,19). The number of aryl methyl sites for hydroxylation is 1. The summed E-state index contributed by atoms with van der Waals surface area (Å²) in [5, 5.41) is 13.6. The molecule has 2 aromatic rings. The molecule has 0 saturated carbocycles. The highest BCUT2D eigenvalue weighted by Gasteiger charge is 2.21. The smallest absolute Gasteiger partial charge is 0.406 e. The van der Waals surface area contributed by atoms with E-state index in [4.69, 9.17) is 4.74 Å². The largest absolute Gasteiger partial charge is 0.473 e. The topological polar surface area (TPSA) is 94.4 Å². The van der Waals surface area contributed by atoms with E-state index in [0.717, 1.165) is 5.56 Å². The number of aromatic nitrogens is 1. The molecular weight excluding hydrogens is 286 g/mol. The van der Waals surface area contributed by atoms with Gasteiger partial charge in [0.2, 0.25) is 5.75 Å². The lowest BCUT2D eigenvalue weighted by molar-refractivity contribution is -0.390. The van der Waals surface area contributed by atoms with Crippen LogP contribution in [0.1, 0.15) is 12.5 Å². The fraction of sp³-hybridized carbons (Fsp3) is 0.200. The zero-order chi connectivity index (χ0) is 16.1.